The fraction of sp³-hybridized carbons (Fsp3) is 0.286. The molecule has 0 radical (unpaired) electrons. The Morgan fingerprint density at radius 1 is 1.22 bits per heavy atom. The molecule has 3 nitrogen and oxygen atoms in total. The number of benzene rings is 1. The predicted octanol–water partition coefficient (Wildman–Crippen LogP) is 4.04. The van der Waals surface area contributed by atoms with Gasteiger partial charge >= 0.3 is 6.18 Å². The fourth-order valence-electron chi connectivity index (χ4n) is 1.92. The Kier molecular flexibility index (Phi) is 4.84. The molecule has 0 saturated carbocycles. The fourth-order valence-corrected chi connectivity index (χ4v) is 4.12. The smallest absolute Gasteiger partial charge is 0.207 e. The van der Waals surface area contributed by atoms with Crippen LogP contribution in [0, 0.1) is 12.7 Å². The van der Waals surface area contributed by atoms with Gasteiger partial charge in [-0.1, -0.05) is 0 Å². The van der Waals surface area contributed by atoms with E-state index in [1.165, 1.54) is 18.4 Å². The van der Waals surface area contributed by atoms with Crippen LogP contribution in [-0.4, -0.2) is 19.8 Å². The number of aryl methyl sites for hydroxylation is 1. The second-order valence-corrected chi connectivity index (χ2v) is 7.97. The van der Waals surface area contributed by atoms with E-state index in [9.17, 15) is 26.0 Å². The van der Waals surface area contributed by atoms with E-state index in [1.807, 2.05) is 13.0 Å². The average molecular weight is 367 g/mol. The minimum absolute atomic E-state index is 0.0323. The van der Waals surface area contributed by atoms with Gasteiger partial charge in [0.2, 0.25) is 10.0 Å². The minimum Gasteiger partial charge on any atom is -0.207 e. The molecule has 0 aliphatic heterocycles. The van der Waals surface area contributed by atoms with Crippen molar-refractivity contribution in [1.82, 2.24) is 4.31 Å². The zero-order valence-corrected chi connectivity index (χ0v) is 13.8. The number of nitrogens with zero attached hydrogens (tertiary/aromatic N) is 1. The van der Waals surface area contributed by atoms with Crippen LogP contribution >= 0.6 is 11.3 Å². The minimum atomic E-state index is -4.96. The van der Waals surface area contributed by atoms with Gasteiger partial charge in [-0.2, -0.15) is 17.5 Å². The van der Waals surface area contributed by atoms with Crippen LogP contribution in [0.3, 0.4) is 0 Å². The molecule has 23 heavy (non-hydrogen) atoms. The molecule has 2 rings (SSSR count). The summed E-state index contributed by atoms with van der Waals surface area (Å²) in [6, 6.07) is 3.49. The number of rotatable bonds is 4. The molecule has 1 heterocycles. The Hall–Kier alpha value is -1.45. The maximum atomic E-state index is 13.3. The molecule has 0 N–H and O–H groups in total. The SMILES string of the molecule is Cc1ccsc1CN(C)S(=O)(=O)c1ccc(F)c(C(F)(F)F)c1. The van der Waals surface area contributed by atoms with Gasteiger partial charge in [0.05, 0.1) is 10.5 Å². The highest BCUT2D eigenvalue weighted by molar-refractivity contribution is 7.89. The molecule has 0 spiro atoms. The van der Waals surface area contributed by atoms with Crippen LogP contribution in [0.25, 0.3) is 0 Å². The van der Waals surface area contributed by atoms with Gasteiger partial charge in [-0.25, -0.2) is 12.8 Å². The summed E-state index contributed by atoms with van der Waals surface area (Å²) in [6.45, 7) is 1.84. The molecule has 9 heteroatoms. The van der Waals surface area contributed by atoms with Crippen molar-refractivity contribution in [2.45, 2.75) is 24.5 Å². The normalized spacial score (nSPS) is 12.8. The zero-order chi connectivity index (χ0) is 17.4. The second-order valence-electron chi connectivity index (χ2n) is 4.93. The molecule has 0 unspecified atom stereocenters. The van der Waals surface area contributed by atoms with Crippen LogP contribution < -0.4 is 0 Å². The lowest BCUT2D eigenvalue weighted by atomic mass is 10.2. The quantitative estimate of drug-likeness (QED) is 0.765. The zero-order valence-electron chi connectivity index (χ0n) is 12.2. The lowest BCUT2D eigenvalue weighted by Gasteiger charge is -2.18. The highest BCUT2D eigenvalue weighted by Gasteiger charge is 2.36. The van der Waals surface area contributed by atoms with Gasteiger partial charge in [0.25, 0.3) is 0 Å². The molecule has 1 aromatic heterocycles. The van der Waals surface area contributed by atoms with Gasteiger partial charge in [0, 0.05) is 18.5 Å². The van der Waals surface area contributed by atoms with Crippen molar-refractivity contribution in [3.63, 3.8) is 0 Å². The molecular weight excluding hydrogens is 354 g/mol. The standard InChI is InChI=1S/C14H13F4NO2S2/c1-9-5-6-22-13(9)8-19(2)23(20,21)10-3-4-12(15)11(7-10)14(16,17)18/h3-7H,8H2,1-2H3. The number of hydrogen-bond donors (Lipinski definition) is 0. The highest BCUT2D eigenvalue weighted by atomic mass is 32.2. The summed E-state index contributed by atoms with van der Waals surface area (Å²) < 4.78 is 77.2. The van der Waals surface area contributed by atoms with E-state index in [0.717, 1.165) is 20.8 Å². The van der Waals surface area contributed by atoms with E-state index in [4.69, 9.17) is 0 Å². The van der Waals surface area contributed by atoms with E-state index < -0.39 is 32.5 Å². The van der Waals surface area contributed by atoms with Crippen molar-refractivity contribution in [1.29, 1.82) is 0 Å². The molecule has 1 aromatic carbocycles. The van der Waals surface area contributed by atoms with E-state index in [1.54, 1.807) is 5.38 Å². The number of thiophene rings is 1. The summed E-state index contributed by atoms with van der Waals surface area (Å²) >= 11 is 1.35. The van der Waals surface area contributed by atoms with Crippen molar-refractivity contribution in [3.05, 3.63) is 51.5 Å². The maximum Gasteiger partial charge on any atom is 0.419 e. The molecule has 126 valence electrons. The molecule has 0 saturated heterocycles. The third-order valence-electron chi connectivity index (χ3n) is 3.29. The van der Waals surface area contributed by atoms with Crippen molar-refractivity contribution < 1.29 is 26.0 Å². The van der Waals surface area contributed by atoms with Crippen molar-refractivity contribution >= 4 is 21.4 Å². The van der Waals surface area contributed by atoms with E-state index >= 15 is 0 Å². The topological polar surface area (TPSA) is 37.4 Å². The molecule has 0 bridgehead atoms. The van der Waals surface area contributed by atoms with Crippen LogP contribution in [0.1, 0.15) is 16.0 Å². The third kappa shape index (κ3) is 3.73. The van der Waals surface area contributed by atoms with Gasteiger partial charge in [-0.05, 0) is 42.1 Å². The van der Waals surface area contributed by atoms with Crippen molar-refractivity contribution in [2.24, 2.45) is 0 Å². The molecule has 0 fully saturated rings. The number of alkyl halides is 3. The lowest BCUT2D eigenvalue weighted by Crippen LogP contribution is -2.27. The Morgan fingerprint density at radius 3 is 2.39 bits per heavy atom. The average Bonchev–Trinajstić information content (AvgIpc) is 2.83. The summed E-state index contributed by atoms with van der Waals surface area (Å²) in [5.41, 5.74) is -0.702. The molecule has 0 atom stereocenters. The Morgan fingerprint density at radius 2 is 1.87 bits per heavy atom. The number of sulfonamides is 1. The van der Waals surface area contributed by atoms with Crippen LogP contribution in [0.5, 0.6) is 0 Å². The third-order valence-corrected chi connectivity index (χ3v) is 6.09. The monoisotopic (exact) mass is 367 g/mol. The van der Waals surface area contributed by atoms with Crippen LogP contribution in [0.15, 0.2) is 34.5 Å². The summed E-state index contributed by atoms with van der Waals surface area (Å²) in [6.07, 6.45) is -4.96. The summed E-state index contributed by atoms with van der Waals surface area (Å²) in [7, 11) is -2.89. The van der Waals surface area contributed by atoms with E-state index in [-0.39, 0.29) is 6.54 Å². The van der Waals surface area contributed by atoms with Crippen LogP contribution in [0.4, 0.5) is 17.6 Å². The van der Waals surface area contributed by atoms with Crippen molar-refractivity contribution in [2.75, 3.05) is 7.05 Å². The first kappa shape index (κ1) is 17.9. The number of halogens is 4. The van der Waals surface area contributed by atoms with E-state index in [0.29, 0.717) is 12.1 Å². The molecular formula is C14H13F4NO2S2. The largest absolute Gasteiger partial charge is 0.419 e. The van der Waals surface area contributed by atoms with Crippen molar-refractivity contribution in [3.8, 4) is 0 Å². The second kappa shape index (κ2) is 6.21. The Labute approximate surface area is 135 Å². The first-order valence-electron chi connectivity index (χ1n) is 6.39. The maximum absolute atomic E-state index is 13.3. The van der Waals surface area contributed by atoms with Crippen LogP contribution in [-0.2, 0) is 22.7 Å². The Bertz CT molecular complexity index is 812. The van der Waals surface area contributed by atoms with Gasteiger partial charge in [-0.15, -0.1) is 11.3 Å². The lowest BCUT2D eigenvalue weighted by molar-refractivity contribution is -0.140. The summed E-state index contributed by atoms with van der Waals surface area (Å²) in [4.78, 5) is 0.192. The summed E-state index contributed by atoms with van der Waals surface area (Å²) in [5, 5.41) is 1.80. The van der Waals surface area contributed by atoms with Crippen LogP contribution in [0.2, 0.25) is 0 Å². The molecule has 2 aromatic rings. The van der Waals surface area contributed by atoms with Gasteiger partial charge in [-0.3, -0.25) is 0 Å². The highest BCUT2D eigenvalue weighted by Crippen LogP contribution is 2.33. The molecule has 0 amide bonds. The predicted molar refractivity (Wildman–Crippen MR) is 79.1 cm³/mol. The van der Waals surface area contributed by atoms with Gasteiger partial charge in [0.1, 0.15) is 5.82 Å². The van der Waals surface area contributed by atoms with Gasteiger partial charge < -0.3 is 0 Å². The first-order valence-corrected chi connectivity index (χ1v) is 8.71. The molecule has 0 aliphatic rings. The van der Waals surface area contributed by atoms with E-state index in [2.05, 4.69) is 0 Å². The number of hydrogen-bond acceptors (Lipinski definition) is 3. The Balaban J connectivity index is 2.38. The van der Waals surface area contributed by atoms with Gasteiger partial charge in [0.15, 0.2) is 0 Å². The summed E-state index contributed by atoms with van der Waals surface area (Å²) in [5.74, 6) is -1.51. The first-order chi connectivity index (χ1) is 10.5. The molecule has 0 aliphatic carbocycles.